The number of imidazole rings is 1. The van der Waals surface area contributed by atoms with Gasteiger partial charge in [-0.2, -0.15) is 0 Å². The zero-order valence-corrected chi connectivity index (χ0v) is 13.0. The molecule has 1 aromatic carbocycles. The van der Waals surface area contributed by atoms with E-state index in [9.17, 15) is 0 Å². The van der Waals surface area contributed by atoms with Crippen LogP contribution >= 0.6 is 0 Å². The van der Waals surface area contributed by atoms with Crippen molar-refractivity contribution in [2.24, 2.45) is 0 Å². The molecule has 0 saturated heterocycles. The first-order chi connectivity index (χ1) is 9.58. The van der Waals surface area contributed by atoms with Crippen molar-refractivity contribution in [1.82, 2.24) is 9.55 Å². The van der Waals surface area contributed by atoms with E-state index in [0.29, 0.717) is 5.92 Å². The second-order valence-electron chi connectivity index (χ2n) is 5.53. The smallest absolute Gasteiger partial charge is 0.131 e. The van der Waals surface area contributed by atoms with Crippen molar-refractivity contribution >= 4 is 5.82 Å². The van der Waals surface area contributed by atoms with Crippen molar-refractivity contribution in [1.29, 1.82) is 0 Å². The molecule has 1 aromatic heterocycles. The first-order valence-electron chi connectivity index (χ1n) is 7.53. The summed E-state index contributed by atoms with van der Waals surface area (Å²) in [4.78, 5) is 4.75. The highest BCUT2D eigenvalue weighted by atomic mass is 15.1. The van der Waals surface area contributed by atoms with Gasteiger partial charge in [-0.05, 0) is 24.8 Å². The van der Waals surface area contributed by atoms with Crippen molar-refractivity contribution < 1.29 is 0 Å². The molecule has 108 valence electrons. The monoisotopic (exact) mass is 271 g/mol. The third kappa shape index (κ3) is 2.72. The summed E-state index contributed by atoms with van der Waals surface area (Å²) in [5.74, 6) is 2.42. The topological polar surface area (TPSA) is 43.8 Å². The molecule has 0 atom stereocenters. The van der Waals surface area contributed by atoms with Gasteiger partial charge in [0.1, 0.15) is 17.3 Å². The standard InChI is InChI=1S/C17H25N3/c1-5-7-15-19-16(17(18)20(15)6-2)14-10-8-13(9-11-14)12(3)4/h8-12H,5-7,18H2,1-4H3. The molecule has 0 amide bonds. The summed E-state index contributed by atoms with van der Waals surface area (Å²) < 4.78 is 2.12. The Kier molecular flexibility index (Phi) is 4.48. The second-order valence-corrected chi connectivity index (χ2v) is 5.53. The normalized spacial score (nSPS) is 11.2. The third-order valence-corrected chi connectivity index (χ3v) is 3.73. The molecule has 1 heterocycles. The molecule has 0 bridgehead atoms. The van der Waals surface area contributed by atoms with E-state index in [1.807, 2.05) is 0 Å². The lowest BCUT2D eigenvalue weighted by Gasteiger charge is -2.07. The number of aromatic nitrogens is 2. The minimum Gasteiger partial charge on any atom is -0.383 e. The molecule has 0 radical (unpaired) electrons. The highest BCUT2D eigenvalue weighted by molar-refractivity contribution is 5.71. The highest BCUT2D eigenvalue weighted by Crippen LogP contribution is 2.28. The van der Waals surface area contributed by atoms with Gasteiger partial charge in [0.25, 0.3) is 0 Å². The molecule has 0 fully saturated rings. The minimum atomic E-state index is 0.547. The van der Waals surface area contributed by atoms with E-state index < -0.39 is 0 Å². The zero-order valence-electron chi connectivity index (χ0n) is 13.0. The average Bonchev–Trinajstić information content (AvgIpc) is 2.75. The van der Waals surface area contributed by atoms with E-state index in [0.717, 1.165) is 42.3 Å². The van der Waals surface area contributed by atoms with Crippen molar-refractivity contribution in [2.75, 3.05) is 5.73 Å². The predicted molar refractivity (Wildman–Crippen MR) is 85.8 cm³/mol. The van der Waals surface area contributed by atoms with Crippen LogP contribution in [0.2, 0.25) is 0 Å². The maximum absolute atomic E-state index is 6.28. The fourth-order valence-electron chi connectivity index (χ4n) is 2.52. The van der Waals surface area contributed by atoms with Gasteiger partial charge < -0.3 is 10.3 Å². The number of nitrogen functional groups attached to an aromatic ring is 1. The molecule has 2 N–H and O–H groups in total. The van der Waals surface area contributed by atoms with Gasteiger partial charge in [0.15, 0.2) is 0 Å². The molecule has 0 aliphatic heterocycles. The van der Waals surface area contributed by atoms with Gasteiger partial charge in [0, 0.05) is 18.5 Å². The Labute approximate surface area is 121 Å². The summed E-state index contributed by atoms with van der Waals surface area (Å²) in [6, 6.07) is 8.60. The van der Waals surface area contributed by atoms with E-state index in [1.54, 1.807) is 0 Å². The van der Waals surface area contributed by atoms with Gasteiger partial charge in [-0.25, -0.2) is 4.98 Å². The van der Waals surface area contributed by atoms with Crippen molar-refractivity contribution in [3.05, 3.63) is 35.7 Å². The van der Waals surface area contributed by atoms with Gasteiger partial charge in [0.2, 0.25) is 0 Å². The first kappa shape index (κ1) is 14.6. The molecule has 0 aliphatic rings. The van der Waals surface area contributed by atoms with Crippen LogP contribution in [0.1, 0.15) is 51.4 Å². The van der Waals surface area contributed by atoms with Crippen LogP contribution in [0.25, 0.3) is 11.3 Å². The van der Waals surface area contributed by atoms with Crippen molar-refractivity contribution in [2.45, 2.75) is 53.0 Å². The Morgan fingerprint density at radius 1 is 1.15 bits per heavy atom. The molecule has 0 unspecified atom stereocenters. The van der Waals surface area contributed by atoms with Gasteiger partial charge >= 0.3 is 0 Å². The highest BCUT2D eigenvalue weighted by Gasteiger charge is 2.14. The van der Waals surface area contributed by atoms with Gasteiger partial charge in [-0.3, -0.25) is 0 Å². The summed E-state index contributed by atoms with van der Waals surface area (Å²) in [7, 11) is 0. The summed E-state index contributed by atoms with van der Waals surface area (Å²) in [5.41, 5.74) is 9.65. The van der Waals surface area contributed by atoms with Crippen molar-refractivity contribution in [3.8, 4) is 11.3 Å². The van der Waals surface area contributed by atoms with Crippen LogP contribution < -0.4 is 5.73 Å². The van der Waals surface area contributed by atoms with Gasteiger partial charge in [0.05, 0.1) is 0 Å². The van der Waals surface area contributed by atoms with Crippen LogP contribution in [-0.2, 0) is 13.0 Å². The number of hydrogen-bond acceptors (Lipinski definition) is 2. The molecular weight excluding hydrogens is 246 g/mol. The Morgan fingerprint density at radius 2 is 1.80 bits per heavy atom. The molecule has 2 aromatic rings. The SMILES string of the molecule is CCCc1nc(-c2ccc(C(C)C)cc2)c(N)n1CC. The number of hydrogen-bond donors (Lipinski definition) is 1. The Bertz CT molecular complexity index is 565. The lowest BCUT2D eigenvalue weighted by Crippen LogP contribution is -2.05. The number of benzene rings is 1. The number of aryl methyl sites for hydroxylation is 1. The van der Waals surface area contributed by atoms with Gasteiger partial charge in [-0.15, -0.1) is 0 Å². The molecule has 0 spiro atoms. The van der Waals surface area contributed by atoms with E-state index in [1.165, 1.54) is 5.56 Å². The summed E-state index contributed by atoms with van der Waals surface area (Å²) >= 11 is 0. The summed E-state index contributed by atoms with van der Waals surface area (Å²) in [6.45, 7) is 9.56. The number of rotatable bonds is 5. The third-order valence-electron chi connectivity index (χ3n) is 3.73. The molecule has 3 nitrogen and oxygen atoms in total. The zero-order chi connectivity index (χ0) is 14.7. The van der Waals surface area contributed by atoms with E-state index in [-0.39, 0.29) is 0 Å². The van der Waals surface area contributed by atoms with Crippen LogP contribution in [0.4, 0.5) is 5.82 Å². The van der Waals surface area contributed by atoms with E-state index in [4.69, 9.17) is 10.7 Å². The van der Waals surface area contributed by atoms with E-state index >= 15 is 0 Å². The maximum Gasteiger partial charge on any atom is 0.131 e. The Hall–Kier alpha value is -1.77. The molecule has 0 saturated carbocycles. The first-order valence-corrected chi connectivity index (χ1v) is 7.53. The molecule has 20 heavy (non-hydrogen) atoms. The molecular formula is C17H25N3. The number of nitrogens with zero attached hydrogens (tertiary/aromatic N) is 2. The number of nitrogens with two attached hydrogens (primary N) is 1. The van der Waals surface area contributed by atoms with Crippen LogP contribution in [0, 0.1) is 0 Å². The van der Waals surface area contributed by atoms with E-state index in [2.05, 4.69) is 56.5 Å². The molecule has 2 rings (SSSR count). The fourth-order valence-corrected chi connectivity index (χ4v) is 2.52. The lowest BCUT2D eigenvalue weighted by atomic mass is 10.0. The minimum absolute atomic E-state index is 0.547. The van der Waals surface area contributed by atoms with Crippen LogP contribution in [-0.4, -0.2) is 9.55 Å². The number of anilines is 1. The summed E-state index contributed by atoms with van der Waals surface area (Å²) in [5, 5.41) is 0. The summed E-state index contributed by atoms with van der Waals surface area (Å²) in [6.07, 6.45) is 2.06. The van der Waals surface area contributed by atoms with Gasteiger partial charge in [-0.1, -0.05) is 45.0 Å². The van der Waals surface area contributed by atoms with Crippen LogP contribution in [0.15, 0.2) is 24.3 Å². The quantitative estimate of drug-likeness (QED) is 0.884. The largest absolute Gasteiger partial charge is 0.383 e. The molecule has 0 aliphatic carbocycles. The fraction of sp³-hybridized carbons (Fsp3) is 0.471. The average molecular weight is 271 g/mol. The molecule has 3 heteroatoms. The predicted octanol–water partition coefficient (Wildman–Crippen LogP) is 4.23. The Morgan fingerprint density at radius 3 is 2.30 bits per heavy atom. The van der Waals surface area contributed by atoms with Crippen LogP contribution in [0.3, 0.4) is 0 Å². The van der Waals surface area contributed by atoms with Crippen LogP contribution in [0.5, 0.6) is 0 Å². The maximum atomic E-state index is 6.28. The lowest BCUT2D eigenvalue weighted by molar-refractivity contribution is 0.690. The second kappa shape index (κ2) is 6.12. The van der Waals surface area contributed by atoms with Crippen molar-refractivity contribution in [3.63, 3.8) is 0 Å². The Balaban J connectivity index is 2.41.